The van der Waals surface area contributed by atoms with Gasteiger partial charge in [-0.2, -0.15) is 5.10 Å². The van der Waals surface area contributed by atoms with Crippen molar-refractivity contribution < 1.29 is 9.53 Å². The summed E-state index contributed by atoms with van der Waals surface area (Å²) in [6.07, 6.45) is 3.14. The molecule has 0 amide bonds. The molecule has 0 aliphatic rings. The van der Waals surface area contributed by atoms with Gasteiger partial charge in [-0.25, -0.2) is 9.48 Å². The second-order valence-electron chi connectivity index (χ2n) is 2.08. The molecule has 1 aromatic heterocycles. The van der Waals surface area contributed by atoms with Gasteiger partial charge in [0.1, 0.15) is 0 Å². The summed E-state index contributed by atoms with van der Waals surface area (Å²) in [5, 5.41) is 3.87. The Morgan fingerprint density at radius 2 is 2.67 bits per heavy atom. The Morgan fingerprint density at radius 3 is 3.17 bits per heavy atom. The quantitative estimate of drug-likeness (QED) is 0.633. The van der Waals surface area contributed by atoms with E-state index >= 15 is 0 Å². The third-order valence-electron chi connectivity index (χ3n) is 1.28. The lowest BCUT2D eigenvalue weighted by molar-refractivity contribution is 0.0519. The predicted molar refractivity (Wildman–Crippen MR) is 44.6 cm³/mol. The number of ether oxygens (including phenoxy) is 1. The van der Waals surface area contributed by atoms with Gasteiger partial charge in [0.25, 0.3) is 0 Å². The maximum absolute atomic E-state index is 11.0. The summed E-state index contributed by atoms with van der Waals surface area (Å²) < 4.78 is 6.19. The minimum Gasteiger partial charge on any atom is -0.461 e. The molecular weight excluding hydrogens is 156 g/mol. The zero-order valence-corrected chi connectivity index (χ0v) is 6.86. The summed E-state index contributed by atoms with van der Waals surface area (Å²) in [6.45, 7) is 5.61. The molecule has 0 N–H and O–H groups in total. The highest BCUT2D eigenvalue weighted by molar-refractivity contribution is 5.87. The average Bonchev–Trinajstić information content (AvgIpc) is 2.52. The fourth-order valence-corrected chi connectivity index (χ4v) is 0.754. The Labute approximate surface area is 70.4 Å². The van der Waals surface area contributed by atoms with E-state index in [9.17, 15) is 4.79 Å². The molecule has 0 radical (unpaired) electrons. The van der Waals surface area contributed by atoms with Crippen LogP contribution in [0.25, 0.3) is 6.20 Å². The lowest BCUT2D eigenvalue weighted by atomic mass is 10.4. The van der Waals surface area contributed by atoms with Crippen molar-refractivity contribution in [3.8, 4) is 0 Å². The number of aromatic nitrogens is 2. The first kappa shape index (κ1) is 8.52. The number of nitrogens with zero attached hydrogens (tertiary/aromatic N) is 2. The van der Waals surface area contributed by atoms with Gasteiger partial charge in [-0.05, 0) is 13.0 Å². The van der Waals surface area contributed by atoms with Crippen LogP contribution in [-0.4, -0.2) is 22.4 Å². The van der Waals surface area contributed by atoms with Gasteiger partial charge in [-0.1, -0.05) is 6.58 Å². The molecule has 64 valence electrons. The van der Waals surface area contributed by atoms with Crippen molar-refractivity contribution in [2.75, 3.05) is 6.61 Å². The first-order chi connectivity index (χ1) is 5.77. The third-order valence-corrected chi connectivity index (χ3v) is 1.28. The van der Waals surface area contributed by atoms with Gasteiger partial charge in [0.2, 0.25) is 0 Å². The first-order valence-corrected chi connectivity index (χ1v) is 3.62. The molecule has 0 aromatic carbocycles. The van der Waals surface area contributed by atoms with Crippen LogP contribution >= 0.6 is 0 Å². The zero-order chi connectivity index (χ0) is 8.97. The van der Waals surface area contributed by atoms with E-state index in [1.807, 2.05) is 0 Å². The molecule has 0 fully saturated rings. The molecule has 4 nitrogen and oxygen atoms in total. The fourth-order valence-electron chi connectivity index (χ4n) is 0.754. The fraction of sp³-hybridized carbons (Fsp3) is 0.250. The van der Waals surface area contributed by atoms with Crippen LogP contribution in [0.15, 0.2) is 18.8 Å². The van der Waals surface area contributed by atoms with Crippen LogP contribution < -0.4 is 0 Å². The Kier molecular flexibility index (Phi) is 2.63. The lowest BCUT2D eigenvalue weighted by Gasteiger charge is -1.95. The Balaban J connectivity index is 2.74. The van der Waals surface area contributed by atoms with Crippen LogP contribution in [0.2, 0.25) is 0 Å². The molecule has 0 spiro atoms. The highest BCUT2D eigenvalue weighted by Crippen LogP contribution is 1.98. The molecule has 1 rings (SSSR count). The summed E-state index contributed by atoms with van der Waals surface area (Å²) in [7, 11) is 0. The van der Waals surface area contributed by atoms with Gasteiger partial charge in [-0.15, -0.1) is 0 Å². The Bertz CT molecular complexity index is 291. The van der Waals surface area contributed by atoms with Crippen molar-refractivity contribution in [1.29, 1.82) is 0 Å². The number of carbonyl (C=O) groups is 1. The van der Waals surface area contributed by atoms with Crippen molar-refractivity contribution in [2.24, 2.45) is 0 Å². The Hall–Kier alpha value is -1.58. The van der Waals surface area contributed by atoms with Crippen molar-refractivity contribution in [3.05, 3.63) is 24.5 Å². The highest BCUT2D eigenvalue weighted by atomic mass is 16.5. The van der Waals surface area contributed by atoms with Crippen molar-refractivity contribution in [2.45, 2.75) is 6.92 Å². The van der Waals surface area contributed by atoms with Gasteiger partial charge >= 0.3 is 5.97 Å². The number of hydrogen-bond donors (Lipinski definition) is 0. The lowest BCUT2D eigenvalue weighted by Crippen LogP contribution is -2.05. The number of esters is 1. The molecule has 0 aliphatic carbocycles. The minimum absolute atomic E-state index is 0.303. The van der Waals surface area contributed by atoms with Gasteiger partial charge in [0.15, 0.2) is 5.69 Å². The number of hydrogen-bond acceptors (Lipinski definition) is 3. The van der Waals surface area contributed by atoms with Gasteiger partial charge in [0, 0.05) is 12.4 Å². The van der Waals surface area contributed by atoms with E-state index < -0.39 is 5.97 Å². The van der Waals surface area contributed by atoms with E-state index in [1.165, 1.54) is 10.9 Å². The van der Waals surface area contributed by atoms with E-state index in [2.05, 4.69) is 11.7 Å². The van der Waals surface area contributed by atoms with Crippen LogP contribution in [0.1, 0.15) is 17.4 Å². The van der Waals surface area contributed by atoms with Gasteiger partial charge < -0.3 is 4.74 Å². The van der Waals surface area contributed by atoms with Crippen LogP contribution in [0.4, 0.5) is 0 Å². The first-order valence-electron chi connectivity index (χ1n) is 3.62. The third kappa shape index (κ3) is 1.72. The van der Waals surface area contributed by atoms with Crippen molar-refractivity contribution in [3.63, 3.8) is 0 Å². The minimum atomic E-state index is -0.405. The molecule has 4 heteroatoms. The molecule has 0 aliphatic heterocycles. The van der Waals surface area contributed by atoms with Gasteiger partial charge in [0.05, 0.1) is 6.61 Å². The van der Waals surface area contributed by atoms with Crippen molar-refractivity contribution in [1.82, 2.24) is 9.78 Å². The summed E-state index contributed by atoms with van der Waals surface area (Å²) in [6, 6.07) is 1.58. The topological polar surface area (TPSA) is 44.1 Å². The van der Waals surface area contributed by atoms with E-state index in [4.69, 9.17) is 4.74 Å². The number of rotatable bonds is 3. The zero-order valence-electron chi connectivity index (χ0n) is 6.86. The summed E-state index contributed by atoms with van der Waals surface area (Å²) in [5.41, 5.74) is 0.303. The molecule has 0 saturated heterocycles. The van der Waals surface area contributed by atoms with E-state index in [1.54, 1.807) is 19.2 Å². The molecule has 0 saturated carbocycles. The van der Waals surface area contributed by atoms with E-state index in [0.29, 0.717) is 12.3 Å². The monoisotopic (exact) mass is 166 g/mol. The van der Waals surface area contributed by atoms with Crippen LogP contribution in [0.3, 0.4) is 0 Å². The maximum atomic E-state index is 11.0. The standard InChI is InChI=1S/C8H10N2O2/c1-3-10-6-5-7(9-10)8(11)12-4-2/h3,5-6H,1,4H2,2H3. The SMILES string of the molecule is C=Cn1ccc(C(=O)OCC)n1. The van der Waals surface area contributed by atoms with Crippen LogP contribution in [0, 0.1) is 0 Å². The second kappa shape index (κ2) is 3.71. The summed E-state index contributed by atoms with van der Waals surface area (Å²) >= 11 is 0. The normalized spacial score (nSPS) is 9.42. The summed E-state index contributed by atoms with van der Waals surface area (Å²) in [4.78, 5) is 11.0. The molecule has 0 atom stereocenters. The maximum Gasteiger partial charge on any atom is 0.358 e. The molecule has 12 heavy (non-hydrogen) atoms. The Morgan fingerprint density at radius 1 is 1.92 bits per heavy atom. The highest BCUT2D eigenvalue weighted by Gasteiger charge is 2.08. The molecule has 0 bridgehead atoms. The largest absolute Gasteiger partial charge is 0.461 e. The average molecular weight is 166 g/mol. The summed E-state index contributed by atoms with van der Waals surface area (Å²) in [5.74, 6) is -0.405. The van der Waals surface area contributed by atoms with Crippen LogP contribution in [0.5, 0.6) is 0 Å². The molecule has 0 unspecified atom stereocenters. The smallest absolute Gasteiger partial charge is 0.358 e. The van der Waals surface area contributed by atoms with E-state index in [-0.39, 0.29) is 0 Å². The second-order valence-corrected chi connectivity index (χ2v) is 2.08. The van der Waals surface area contributed by atoms with E-state index in [0.717, 1.165) is 0 Å². The molecule has 1 heterocycles. The number of carbonyl (C=O) groups excluding carboxylic acids is 1. The predicted octanol–water partition coefficient (Wildman–Crippen LogP) is 1.16. The van der Waals surface area contributed by atoms with Crippen molar-refractivity contribution >= 4 is 12.2 Å². The van der Waals surface area contributed by atoms with Gasteiger partial charge in [-0.3, -0.25) is 0 Å². The molecule has 1 aromatic rings. The molecular formula is C8H10N2O2. The van der Waals surface area contributed by atoms with Crippen LogP contribution in [-0.2, 0) is 4.74 Å².